The van der Waals surface area contributed by atoms with Crippen LogP contribution in [0.4, 0.5) is 14.9 Å². The number of nitrogens with zero attached hydrogens (tertiary/aromatic N) is 1. The van der Waals surface area contributed by atoms with E-state index in [1.54, 1.807) is 49.4 Å². The lowest BCUT2D eigenvalue weighted by Gasteiger charge is -2.27. The highest BCUT2D eigenvalue weighted by molar-refractivity contribution is 6.39. The van der Waals surface area contributed by atoms with E-state index in [2.05, 4.69) is 5.32 Å². The first-order valence-corrected chi connectivity index (χ1v) is 9.25. The zero-order valence-corrected chi connectivity index (χ0v) is 16.4. The summed E-state index contributed by atoms with van der Waals surface area (Å²) in [6.45, 7) is 1.67. The first-order valence-electron chi connectivity index (χ1n) is 8.87. The third kappa shape index (κ3) is 3.51. The van der Waals surface area contributed by atoms with Crippen LogP contribution in [0.25, 0.3) is 17.4 Å². The molecule has 4 rings (SSSR count). The third-order valence-corrected chi connectivity index (χ3v) is 5.03. The molecule has 0 bridgehead atoms. The van der Waals surface area contributed by atoms with E-state index >= 15 is 0 Å². The minimum absolute atomic E-state index is 0.227. The molecule has 1 aliphatic heterocycles. The van der Waals surface area contributed by atoms with Gasteiger partial charge in [-0.05, 0) is 67.1 Å². The van der Waals surface area contributed by atoms with Gasteiger partial charge >= 0.3 is 6.03 Å². The zero-order valence-electron chi connectivity index (χ0n) is 15.6. The Balaban J connectivity index is 1.70. The van der Waals surface area contributed by atoms with Crippen LogP contribution in [0.3, 0.4) is 0 Å². The lowest BCUT2D eigenvalue weighted by molar-refractivity contribution is -0.122. The molecule has 1 N–H and O–H groups in total. The van der Waals surface area contributed by atoms with Gasteiger partial charge in [0.2, 0.25) is 0 Å². The minimum atomic E-state index is -0.862. The minimum Gasteiger partial charge on any atom is -0.457 e. The smallest absolute Gasteiger partial charge is 0.335 e. The molecule has 8 heteroatoms. The van der Waals surface area contributed by atoms with Gasteiger partial charge < -0.3 is 4.42 Å². The summed E-state index contributed by atoms with van der Waals surface area (Å²) in [5.74, 6) is -1.35. The molecule has 4 amide bonds. The predicted octanol–water partition coefficient (Wildman–Crippen LogP) is 4.71. The van der Waals surface area contributed by atoms with Crippen LogP contribution in [0.15, 0.2) is 64.6 Å². The van der Waals surface area contributed by atoms with Crippen molar-refractivity contribution in [2.45, 2.75) is 6.92 Å². The molecule has 2 aromatic carbocycles. The summed E-state index contributed by atoms with van der Waals surface area (Å²) in [4.78, 5) is 38.5. The number of barbiturate groups is 1. The van der Waals surface area contributed by atoms with Gasteiger partial charge in [0.15, 0.2) is 0 Å². The highest BCUT2D eigenvalue weighted by atomic mass is 35.5. The van der Waals surface area contributed by atoms with Gasteiger partial charge in [0.1, 0.15) is 22.9 Å². The fraction of sp³-hybridized carbons (Fsp3) is 0.0455. The lowest BCUT2D eigenvalue weighted by Crippen LogP contribution is -2.54. The number of imide groups is 2. The van der Waals surface area contributed by atoms with Gasteiger partial charge in [-0.3, -0.25) is 14.9 Å². The monoisotopic (exact) mass is 424 g/mol. The molecule has 0 unspecified atom stereocenters. The summed E-state index contributed by atoms with van der Waals surface area (Å²) in [6.07, 6.45) is 1.25. The molecule has 1 fully saturated rings. The molecule has 1 saturated heterocycles. The Hall–Kier alpha value is -3.71. The number of furan rings is 1. The second kappa shape index (κ2) is 7.61. The molecule has 1 aliphatic rings. The average Bonchev–Trinajstić information content (AvgIpc) is 3.17. The van der Waals surface area contributed by atoms with Crippen LogP contribution in [0.5, 0.6) is 0 Å². The fourth-order valence-corrected chi connectivity index (χ4v) is 3.23. The number of benzene rings is 2. The molecule has 6 nitrogen and oxygen atoms in total. The van der Waals surface area contributed by atoms with Crippen molar-refractivity contribution in [3.05, 3.63) is 82.3 Å². The maximum absolute atomic E-state index is 13.1. The van der Waals surface area contributed by atoms with Crippen LogP contribution in [0.2, 0.25) is 5.02 Å². The quantitative estimate of drug-likeness (QED) is 0.487. The van der Waals surface area contributed by atoms with Gasteiger partial charge in [-0.1, -0.05) is 17.7 Å². The van der Waals surface area contributed by atoms with E-state index in [0.29, 0.717) is 21.9 Å². The predicted molar refractivity (Wildman–Crippen MR) is 109 cm³/mol. The number of carbonyl (C=O) groups excluding carboxylic acids is 3. The van der Waals surface area contributed by atoms with Crippen LogP contribution >= 0.6 is 11.6 Å². The molecule has 0 saturated carbocycles. The molecule has 2 heterocycles. The number of nitrogens with one attached hydrogen (secondary N) is 1. The average molecular weight is 425 g/mol. The number of hydrogen-bond donors (Lipinski definition) is 1. The summed E-state index contributed by atoms with van der Waals surface area (Å²) in [5, 5.41) is 2.53. The van der Waals surface area contributed by atoms with Gasteiger partial charge in [0, 0.05) is 10.6 Å². The standard InChI is InChI=1S/C22H14ClFN2O4/c1-12-17(23)3-2-4-18(12)26-21(28)16(20(27)25-22(26)29)11-15-9-10-19(30-15)13-5-7-14(24)8-6-13/h2-11H,1H3,(H,25,27,29)/b16-11+. The van der Waals surface area contributed by atoms with Crippen molar-refractivity contribution in [3.8, 4) is 11.3 Å². The van der Waals surface area contributed by atoms with Crippen molar-refractivity contribution in [1.29, 1.82) is 0 Å². The SMILES string of the molecule is Cc1c(Cl)cccc1N1C(=O)NC(=O)/C(=C\c2ccc(-c3ccc(F)cc3)o2)C1=O. The Morgan fingerprint density at radius 3 is 2.50 bits per heavy atom. The van der Waals surface area contributed by atoms with Crippen molar-refractivity contribution in [2.24, 2.45) is 0 Å². The topological polar surface area (TPSA) is 79.6 Å². The van der Waals surface area contributed by atoms with Crippen molar-refractivity contribution in [3.63, 3.8) is 0 Å². The molecule has 0 aliphatic carbocycles. The number of urea groups is 1. The zero-order chi connectivity index (χ0) is 21.4. The van der Waals surface area contributed by atoms with E-state index in [1.165, 1.54) is 18.2 Å². The van der Waals surface area contributed by atoms with E-state index in [1.807, 2.05) is 0 Å². The Kier molecular flexibility index (Phi) is 4.97. The Bertz CT molecular complexity index is 1210. The van der Waals surface area contributed by atoms with Crippen molar-refractivity contribution >= 4 is 41.2 Å². The summed E-state index contributed by atoms with van der Waals surface area (Å²) < 4.78 is 18.8. The molecular formula is C22H14ClFN2O4. The van der Waals surface area contributed by atoms with E-state index in [0.717, 1.165) is 4.90 Å². The second-order valence-corrected chi connectivity index (χ2v) is 6.96. The van der Waals surface area contributed by atoms with Gasteiger partial charge in [-0.15, -0.1) is 0 Å². The van der Waals surface area contributed by atoms with E-state index in [9.17, 15) is 18.8 Å². The first-order chi connectivity index (χ1) is 14.3. The molecule has 1 aromatic heterocycles. The number of halogens is 2. The van der Waals surface area contributed by atoms with Crippen LogP contribution in [0.1, 0.15) is 11.3 Å². The van der Waals surface area contributed by atoms with E-state index in [-0.39, 0.29) is 22.8 Å². The Labute approximate surface area is 175 Å². The van der Waals surface area contributed by atoms with Gasteiger partial charge in [0.05, 0.1) is 5.69 Å². The van der Waals surface area contributed by atoms with Crippen LogP contribution in [-0.2, 0) is 9.59 Å². The number of rotatable bonds is 3. The number of anilines is 1. The number of carbonyl (C=O) groups is 3. The Morgan fingerprint density at radius 2 is 1.77 bits per heavy atom. The Morgan fingerprint density at radius 1 is 1.03 bits per heavy atom. The first kappa shape index (κ1) is 19.6. The highest BCUT2D eigenvalue weighted by Gasteiger charge is 2.37. The van der Waals surface area contributed by atoms with E-state index in [4.69, 9.17) is 16.0 Å². The van der Waals surface area contributed by atoms with Gasteiger partial charge in [0.25, 0.3) is 11.8 Å². The fourth-order valence-electron chi connectivity index (χ4n) is 3.06. The van der Waals surface area contributed by atoms with Crippen molar-refractivity contribution < 1.29 is 23.2 Å². The molecule has 30 heavy (non-hydrogen) atoms. The molecule has 0 atom stereocenters. The number of amides is 4. The summed E-state index contributed by atoms with van der Waals surface area (Å²) >= 11 is 6.10. The molecule has 0 spiro atoms. The highest BCUT2D eigenvalue weighted by Crippen LogP contribution is 2.30. The molecular weight excluding hydrogens is 411 g/mol. The lowest BCUT2D eigenvalue weighted by atomic mass is 10.1. The van der Waals surface area contributed by atoms with E-state index < -0.39 is 17.8 Å². The maximum Gasteiger partial charge on any atom is 0.335 e. The summed E-state index contributed by atoms with van der Waals surface area (Å²) in [7, 11) is 0. The van der Waals surface area contributed by atoms with Gasteiger partial charge in [-0.2, -0.15) is 0 Å². The van der Waals surface area contributed by atoms with Crippen LogP contribution in [0, 0.1) is 12.7 Å². The molecule has 150 valence electrons. The van der Waals surface area contributed by atoms with Crippen LogP contribution < -0.4 is 10.2 Å². The molecule has 3 aromatic rings. The van der Waals surface area contributed by atoms with Crippen LogP contribution in [-0.4, -0.2) is 17.8 Å². The molecule has 0 radical (unpaired) electrons. The normalized spacial score (nSPS) is 15.6. The van der Waals surface area contributed by atoms with Gasteiger partial charge in [-0.25, -0.2) is 14.1 Å². The number of hydrogen-bond acceptors (Lipinski definition) is 4. The van der Waals surface area contributed by atoms with Crippen molar-refractivity contribution in [2.75, 3.05) is 4.90 Å². The summed E-state index contributed by atoms with van der Waals surface area (Å²) in [5.41, 5.74) is 1.16. The summed E-state index contributed by atoms with van der Waals surface area (Å²) in [6, 6.07) is 12.8. The maximum atomic E-state index is 13.1. The second-order valence-electron chi connectivity index (χ2n) is 6.55. The third-order valence-electron chi connectivity index (χ3n) is 4.62. The largest absolute Gasteiger partial charge is 0.457 e. The van der Waals surface area contributed by atoms with Crippen molar-refractivity contribution in [1.82, 2.24) is 5.32 Å².